The van der Waals surface area contributed by atoms with Gasteiger partial charge in [-0.15, -0.1) is 0 Å². The summed E-state index contributed by atoms with van der Waals surface area (Å²) in [6.07, 6.45) is 3.62. The van der Waals surface area contributed by atoms with E-state index in [-0.39, 0.29) is 0 Å². The lowest BCUT2D eigenvalue weighted by molar-refractivity contribution is 0.266. The summed E-state index contributed by atoms with van der Waals surface area (Å²) >= 11 is 0. The van der Waals surface area contributed by atoms with Gasteiger partial charge in [0.15, 0.2) is 5.96 Å². The maximum atomic E-state index is 4.88. The molecule has 5 nitrogen and oxygen atoms in total. The van der Waals surface area contributed by atoms with E-state index in [1.807, 2.05) is 0 Å². The number of nitrogens with one attached hydrogen (secondary N) is 2. The molecule has 2 unspecified atom stereocenters. The number of likely N-dealkylation sites (N-methyl/N-ethyl adjacent to an activating group) is 2. The number of likely N-dealkylation sites (tertiary alicyclic amines) is 1. The summed E-state index contributed by atoms with van der Waals surface area (Å²) in [5.74, 6) is 0.940. The van der Waals surface area contributed by atoms with Gasteiger partial charge in [0.05, 0.1) is 6.54 Å². The molecule has 1 aliphatic heterocycles. The highest BCUT2D eigenvalue weighted by Gasteiger charge is 2.22. The van der Waals surface area contributed by atoms with E-state index in [9.17, 15) is 0 Å². The van der Waals surface area contributed by atoms with Gasteiger partial charge in [-0.3, -0.25) is 9.89 Å². The van der Waals surface area contributed by atoms with Crippen LogP contribution >= 0.6 is 0 Å². The van der Waals surface area contributed by atoms with Crippen molar-refractivity contribution in [3.63, 3.8) is 0 Å². The van der Waals surface area contributed by atoms with E-state index >= 15 is 0 Å². The number of benzene rings is 1. The summed E-state index contributed by atoms with van der Waals surface area (Å²) in [7, 11) is 4.28. The molecule has 0 amide bonds. The average molecular weight is 360 g/mol. The SMILES string of the molecule is CCNC(=NCC(Cc1ccccc1)N(C)C)NCC1CCCN1CC. The fourth-order valence-corrected chi connectivity index (χ4v) is 3.59. The Hall–Kier alpha value is -1.59. The molecule has 0 bridgehead atoms. The lowest BCUT2D eigenvalue weighted by atomic mass is 10.1. The van der Waals surface area contributed by atoms with Crippen LogP contribution in [0.3, 0.4) is 0 Å². The van der Waals surface area contributed by atoms with Gasteiger partial charge >= 0.3 is 0 Å². The van der Waals surface area contributed by atoms with Crippen molar-refractivity contribution in [3.8, 4) is 0 Å². The van der Waals surface area contributed by atoms with E-state index in [0.29, 0.717) is 12.1 Å². The standard InChI is InChI=1S/C21H37N5/c1-5-22-21(23-16-19-13-10-14-26(19)6-2)24-17-20(25(3)4)15-18-11-8-7-9-12-18/h7-9,11-12,19-20H,5-6,10,13-17H2,1-4H3,(H2,22,23,24). The smallest absolute Gasteiger partial charge is 0.191 e. The molecular formula is C21H37N5. The summed E-state index contributed by atoms with van der Waals surface area (Å²) in [6, 6.07) is 11.7. The third-order valence-electron chi connectivity index (χ3n) is 5.26. The predicted molar refractivity (Wildman–Crippen MR) is 112 cm³/mol. The molecule has 0 aromatic heterocycles. The molecule has 0 spiro atoms. The zero-order valence-electron chi connectivity index (χ0n) is 17.0. The first-order valence-corrected chi connectivity index (χ1v) is 10.1. The molecule has 0 saturated carbocycles. The van der Waals surface area contributed by atoms with Crippen LogP contribution in [-0.2, 0) is 6.42 Å². The Labute approximate surface area is 159 Å². The van der Waals surface area contributed by atoms with Crippen LogP contribution in [0.25, 0.3) is 0 Å². The van der Waals surface area contributed by atoms with E-state index in [4.69, 9.17) is 4.99 Å². The molecule has 1 aliphatic rings. The topological polar surface area (TPSA) is 42.9 Å². The van der Waals surface area contributed by atoms with Crippen LogP contribution in [0.2, 0.25) is 0 Å². The Kier molecular flexibility index (Phi) is 8.92. The van der Waals surface area contributed by atoms with Gasteiger partial charge < -0.3 is 15.5 Å². The van der Waals surface area contributed by atoms with Crippen LogP contribution in [0.1, 0.15) is 32.3 Å². The van der Waals surface area contributed by atoms with Gasteiger partial charge in [-0.2, -0.15) is 0 Å². The van der Waals surface area contributed by atoms with Crippen LogP contribution in [0.15, 0.2) is 35.3 Å². The maximum absolute atomic E-state index is 4.88. The van der Waals surface area contributed by atoms with Crippen LogP contribution in [-0.4, -0.2) is 74.7 Å². The van der Waals surface area contributed by atoms with Gasteiger partial charge in [-0.1, -0.05) is 37.3 Å². The molecule has 146 valence electrons. The number of aliphatic imine (C=N–C) groups is 1. The molecular weight excluding hydrogens is 322 g/mol. The molecule has 2 rings (SSSR count). The highest BCUT2D eigenvalue weighted by molar-refractivity contribution is 5.79. The Morgan fingerprint density at radius 3 is 2.65 bits per heavy atom. The zero-order chi connectivity index (χ0) is 18.8. The van der Waals surface area contributed by atoms with Crippen LogP contribution in [0.4, 0.5) is 0 Å². The molecule has 1 saturated heterocycles. The van der Waals surface area contributed by atoms with Crippen LogP contribution < -0.4 is 10.6 Å². The van der Waals surface area contributed by atoms with Crippen molar-refractivity contribution in [2.45, 2.75) is 45.2 Å². The fourth-order valence-electron chi connectivity index (χ4n) is 3.59. The minimum atomic E-state index is 0.395. The summed E-state index contributed by atoms with van der Waals surface area (Å²) in [5.41, 5.74) is 1.36. The van der Waals surface area contributed by atoms with E-state index in [1.54, 1.807) is 0 Å². The minimum absolute atomic E-state index is 0.395. The third kappa shape index (κ3) is 6.61. The Bertz CT molecular complexity index is 528. The van der Waals surface area contributed by atoms with Crippen molar-refractivity contribution in [2.75, 3.05) is 46.8 Å². The van der Waals surface area contributed by atoms with Crippen molar-refractivity contribution in [3.05, 3.63) is 35.9 Å². The van der Waals surface area contributed by atoms with Gasteiger partial charge in [-0.05, 0) is 58.9 Å². The summed E-state index contributed by atoms with van der Waals surface area (Å²) in [6.45, 7) is 9.40. The van der Waals surface area contributed by atoms with Crippen molar-refractivity contribution in [2.24, 2.45) is 4.99 Å². The first kappa shape index (κ1) is 20.7. The average Bonchev–Trinajstić information content (AvgIpc) is 3.11. The highest BCUT2D eigenvalue weighted by atomic mass is 15.2. The summed E-state index contributed by atoms with van der Waals surface area (Å²) in [5, 5.41) is 6.96. The molecule has 1 aromatic rings. The van der Waals surface area contributed by atoms with E-state index in [1.165, 1.54) is 24.9 Å². The van der Waals surface area contributed by atoms with Crippen LogP contribution in [0, 0.1) is 0 Å². The molecule has 5 heteroatoms. The van der Waals surface area contributed by atoms with Crippen molar-refractivity contribution < 1.29 is 0 Å². The maximum Gasteiger partial charge on any atom is 0.191 e. The quantitative estimate of drug-likeness (QED) is 0.524. The van der Waals surface area contributed by atoms with Crippen molar-refractivity contribution >= 4 is 5.96 Å². The van der Waals surface area contributed by atoms with E-state index in [0.717, 1.165) is 38.6 Å². The number of rotatable bonds is 9. The monoisotopic (exact) mass is 359 g/mol. The molecule has 0 aliphatic carbocycles. The van der Waals surface area contributed by atoms with Crippen LogP contribution in [0.5, 0.6) is 0 Å². The largest absolute Gasteiger partial charge is 0.357 e. The lowest BCUT2D eigenvalue weighted by Crippen LogP contribution is -2.45. The second-order valence-electron chi connectivity index (χ2n) is 7.33. The Balaban J connectivity index is 1.92. The molecule has 0 radical (unpaired) electrons. The summed E-state index contributed by atoms with van der Waals surface area (Å²) in [4.78, 5) is 9.72. The van der Waals surface area contributed by atoms with Gasteiger partial charge in [-0.25, -0.2) is 0 Å². The van der Waals surface area contributed by atoms with Crippen molar-refractivity contribution in [1.29, 1.82) is 0 Å². The molecule has 1 fully saturated rings. The second-order valence-corrected chi connectivity index (χ2v) is 7.33. The van der Waals surface area contributed by atoms with Gasteiger partial charge in [0, 0.05) is 25.2 Å². The molecule has 1 heterocycles. The zero-order valence-corrected chi connectivity index (χ0v) is 17.0. The number of hydrogen-bond acceptors (Lipinski definition) is 3. The van der Waals surface area contributed by atoms with Gasteiger partial charge in [0.1, 0.15) is 0 Å². The molecule has 2 N–H and O–H groups in total. The minimum Gasteiger partial charge on any atom is -0.357 e. The normalized spacial score (nSPS) is 19.7. The van der Waals surface area contributed by atoms with Gasteiger partial charge in [0.2, 0.25) is 0 Å². The Morgan fingerprint density at radius 2 is 2.00 bits per heavy atom. The van der Waals surface area contributed by atoms with Crippen molar-refractivity contribution in [1.82, 2.24) is 20.4 Å². The highest BCUT2D eigenvalue weighted by Crippen LogP contribution is 2.15. The molecule has 26 heavy (non-hydrogen) atoms. The number of guanidine groups is 1. The first-order chi connectivity index (χ1) is 12.6. The summed E-state index contributed by atoms with van der Waals surface area (Å²) < 4.78 is 0. The van der Waals surface area contributed by atoms with E-state index < -0.39 is 0 Å². The molecule has 2 atom stereocenters. The second kappa shape index (κ2) is 11.2. The number of nitrogens with zero attached hydrogens (tertiary/aromatic N) is 3. The predicted octanol–water partition coefficient (Wildman–Crippen LogP) is 2.20. The van der Waals surface area contributed by atoms with Gasteiger partial charge in [0.25, 0.3) is 0 Å². The first-order valence-electron chi connectivity index (χ1n) is 10.1. The van der Waals surface area contributed by atoms with E-state index in [2.05, 4.69) is 78.7 Å². The number of hydrogen-bond donors (Lipinski definition) is 2. The molecule has 1 aromatic carbocycles. The third-order valence-corrected chi connectivity index (χ3v) is 5.26. The lowest BCUT2D eigenvalue weighted by Gasteiger charge is -2.25. The fraction of sp³-hybridized carbons (Fsp3) is 0.667. The Morgan fingerprint density at radius 1 is 1.23 bits per heavy atom.